The van der Waals surface area contributed by atoms with Crippen LogP contribution in [-0.4, -0.2) is 84.0 Å². The smallest absolute Gasteiger partial charge is 0.341 e. The van der Waals surface area contributed by atoms with Gasteiger partial charge in [0.25, 0.3) is 23.6 Å². The summed E-state index contributed by atoms with van der Waals surface area (Å²) in [7, 11) is 2.35. The van der Waals surface area contributed by atoms with E-state index >= 15 is 0 Å². The maximum Gasteiger partial charge on any atom is 0.341 e. The van der Waals surface area contributed by atoms with Gasteiger partial charge in [-0.3, -0.25) is 19.2 Å². The van der Waals surface area contributed by atoms with E-state index in [1.165, 1.54) is 62.8 Å². The number of hydrogen-bond donors (Lipinski definition) is 5. The largest absolute Gasteiger partial charge is 0.482 e. The first-order valence-corrected chi connectivity index (χ1v) is 19.5. The van der Waals surface area contributed by atoms with Crippen molar-refractivity contribution in [1.29, 1.82) is 0 Å². The summed E-state index contributed by atoms with van der Waals surface area (Å²) in [5.74, 6) is -6.72. The van der Waals surface area contributed by atoms with Gasteiger partial charge in [0.15, 0.2) is 13.2 Å². The van der Waals surface area contributed by atoms with Crippen molar-refractivity contribution in [3.8, 4) is 22.6 Å². The number of aromatic carboxylic acids is 1. The highest BCUT2D eigenvalue weighted by atomic mass is 16.5. The Labute approximate surface area is 367 Å². The topological polar surface area (TPSA) is 251 Å². The summed E-state index contributed by atoms with van der Waals surface area (Å²) in [6, 6.07) is 29.0. The number of nitrogens with one attached hydrogen (secondary N) is 4. The molecule has 1 aliphatic heterocycles. The number of rotatable bonds is 3. The zero-order valence-corrected chi connectivity index (χ0v) is 34.2. The molecule has 0 radical (unpaired) electrons. The van der Waals surface area contributed by atoms with Gasteiger partial charge in [0.05, 0.1) is 19.8 Å². The molecule has 4 amide bonds. The second-order valence-corrected chi connectivity index (χ2v) is 14.2. The number of benzene rings is 5. The van der Waals surface area contributed by atoms with E-state index in [9.17, 15) is 38.7 Å². The van der Waals surface area contributed by atoms with E-state index < -0.39 is 54.8 Å². The molecule has 2 aromatic heterocycles. The molecule has 0 saturated carbocycles. The van der Waals surface area contributed by atoms with Crippen molar-refractivity contribution in [2.24, 2.45) is 0 Å². The van der Waals surface area contributed by atoms with E-state index in [0.717, 1.165) is 18.2 Å². The van der Waals surface area contributed by atoms with E-state index in [2.05, 4.69) is 31.2 Å². The predicted octanol–water partition coefficient (Wildman–Crippen LogP) is 6.57. The molecule has 1 aliphatic rings. The highest BCUT2D eigenvalue weighted by Crippen LogP contribution is 2.49. The summed E-state index contributed by atoms with van der Waals surface area (Å²) < 4.78 is 23.0. The molecule has 18 nitrogen and oxygen atoms in total. The minimum atomic E-state index is -1.42. The maximum atomic E-state index is 13.7. The number of esters is 2. The van der Waals surface area contributed by atoms with Crippen LogP contribution < -0.4 is 30.7 Å². The number of methoxy groups -OCH3 is 2. The number of hydrogen-bond acceptors (Lipinski definition) is 13. The highest BCUT2D eigenvalue weighted by molar-refractivity contribution is 6.16. The van der Waals surface area contributed by atoms with E-state index in [0.29, 0.717) is 21.5 Å². The zero-order valence-electron chi connectivity index (χ0n) is 34.2. The van der Waals surface area contributed by atoms with Crippen LogP contribution in [0.1, 0.15) is 51.8 Å². The minimum Gasteiger partial charge on any atom is -0.482 e. The lowest BCUT2D eigenvalue weighted by Crippen LogP contribution is -2.23. The fraction of sp³-hybridized carbons (Fsp3) is 0.0851. The van der Waals surface area contributed by atoms with Gasteiger partial charge in [-0.05, 0) is 76.1 Å². The van der Waals surface area contributed by atoms with Gasteiger partial charge in [0.2, 0.25) is 0 Å². The SMILES string of the molecule is COC(=O)c1cc2ccccc2c2c1OCC(=O)Nc1cccc(n1)NC(=O)c1cc(C(=O)O)cc(c1)C(=O)Nc1cccc(n1)NC(=O)COc1c(C(=O)OC)cc3ccccc3c1-2. The number of aromatic nitrogens is 2. The van der Waals surface area contributed by atoms with Crippen LogP contribution in [0.2, 0.25) is 0 Å². The molecule has 0 saturated heterocycles. The molecule has 5 N–H and O–H groups in total. The zero-order chi connectivity index (χ0) is 45.8. The number of fused-ring (bicyclic) bond motifs is 13. The third-order valence-electron chi connectivity index (χ3n) is 9.98. The number of carbonyl (C=O) groups is 7. The number of carbonyl (C=O) groups excluding carboxylic acids is 6. The van der Waals surface area contributed by atoms with Crippen LogP contribution in [0.4, 0.5) is 23.3 Å². The number of carboxylic acids is 1. The van der Waals surface area contributed by atoms with Crippen LogP contribution in [0.15, 0.2) is 115 Å². The second-order valence-electron chi connectivity index (χ2n) is 14.2. The highest BCUT2D eigenvalue weighted by Gasteiger charge is 2.30. The Bertz CT molecular complexity index is 2950. The van der Waals surface area contributed by atoms with Gasteiger partial charge in [-0.15, -0.1) is 0 Å². The summed E-state index contributed by atoms with van der Waals surface area (Å²) in [4.78, 5) is 102. The molecule has 0 atom stereocenters. The fourth-order valence-corrected chi connectivity index (χ4v) is 7.15. The molecule has 0 aliphatic carbocycles. The molecule has 6 bridgehead atoms. The number of anilines is 4. The molecule has 8 rings (SSSR count). The number of nitrogens with zero attached hydrogens (tertiary/aromatic N) is 2. The first-order chi connectivity index (χ1) is 31.4. The summed E-state index contributed by atoms with van der Waals surface area (Å²) in [5, 5.41) is 22.1. The average molecular weight is 875 g/mol. The van der Waals surface area contributed by atoms with Gasteiger partial charge in [0, 0.05) is 22.3 Å². The number of amides is 4. The van der Waals surface area contributed by atoms with Crippen LogP contribution in [0.3, 0.4) is 0 Å². The van der Waals surface area contributed by atoms with Gasteiger partial charge < -0.3 is 45.3 Å². The third kappa shape index (κ3) is 8.93. The van der Waals surface area contributed by atoms with Crippen molar-refractivity contribution < 1.29 is 57.6 Å². The molecular formula is C47H34N6O12. The van der Waals surface area contributed by atoms with Gasteiger partial charge in [-0.1, -0.05) is 60.7 Å². The van der Waals surface area contributed by atoms with E-state index in [4.69, 9.17) is 18.9 Å². The Kier molecular flexibility index (Phi) is 11.8. The standard InChI is InChI=1S/C47H34N6O12/c1-62-46(60)31-20-24-9-3-5-11-29(24)39-40-30-12-6-4-10-25(30)21-32(47(61)63-2)42(40)65-23-38(55)51-34-14-8-16-36(49-34)53-44(57)27-17-26(18-28(19-27)45(58)59)43(56)52-35-15-7-13-33(48-35)50-37(54)22-64-41(31)39/h3-21H,22-23H2,1-2H3,(H,58,59)(H2,48,50,52,54,56)(H2,49,51,53,55,57). The lowest BCUT2D eigenvalue weighted by atomic mass is 9.88. The summed E-state index contributed by atoms with van der Waals surface area (Å²) >= 11 is 0. The van der Waals surface area contributed by atoms with Gasteiger partial charge in [-0.25, -0.2) is 24.4 Å². The molecule has 0 spiro atoms. The van der Waals surface area contributed by atoms with E-state index in [1.54, 1.807) is 48.5 Å². The van der Waals surface area contributed by atoms with Gasteiger partial charge >= 0.3 is 17.9 Å². The quantitative estimate of drug-likeness (QED) is 0.118. The van der Waals surface area contributed by atoms with Crippen LogP contribution >= 0.6 is 0 Å². The predicted molar refractivity (Wildman–Crippen MR) is 236 cm³/mol. The average Bonchev–Trinajstić information content (AvgIpc) is 3.31. The lowest BCUT2D eigenvalue weighted by Gasteiger charge is -2.23. The lowest BCUT2D eigenvalue weighted by molar-refractivity contribution is -0.118. The number of carboxylic acid groups (broad SMARTS) is 1. The molecule has 324 valence electrons. The van der Waals surface area contributed by atoms with Gasteiger partial charge in [-0.2, -0.15) is 0 Å². The van der Waals surface area contributed by atoms with Crippen molar-refractivity contribution in [1.82, 2.24) is 9.97 Å². The molecule has 65 heavy (non-hydrogen) atoms. The molecule has 5 aromatic carbocycles. The first kappa shape index (κ1) is 42.5. The maximum absolute atomic E-state index is 13.7. The van der Waals surface area contributed by atoms with E-state index in [1.807, 2.05) is 0 Å². The fourth-order valence-electron chi connectivity index (χ4n) is 7.15. The summed E-state index contributed by atoms with van der Waals surface area (Å²) in [6.45, 7) is -1.45. The number of pyridine rings is 2. The Hall–Kier alpha value is -9.19. The Morgan fingerprint density at radius 3 is 1.34 bits per heavy atom. The molecule has 7 aromatic rings. The van der Waals surface area contributed by atoms with Crippen molar-refractivity contribution in [2.45, 2.75) is 0 Å². The first-order valence-electron chi connectivity index (χ1n) is 19.5. The van der Waals surface area contributed by atoms with Crippen LogP contribution in [0.5, 0.6) is 11.5 Å². The van der Waals surface area contributed by atoms with Crippen molar-refractivity contribution >= 4 is 86.4 Å². The minimum absolute atomic E-state index is 0.0336. The normalized spacial score (nSPS) is 13.1. The molecule has 0 unspecified atom stereocenters. The molecular weight excluding hydrogens is 841 g/mol. The Morgan fingerprint density at radius 1 is 0.538 bits per heavy atom. The second kappa shape index (κ2) is 18.0. The van der Waals surface area contributed by atoms with Crippen molar-refractivity contribution in [3.05, 3.63) is 143 Å². The van der Waals surface area contributed by atoms with Crippen LogP contribution in [0.25, 0.3) is 32.7 Å². The number of ether oxygens (including phenoxy) is 4. The van der Waals surface area contributed by atoms with E-state index in [-0.39, 0.29) is 73.7 Å². The van der Waals surface area contributed by atoms with Crippen molar-refractivity contribution in [3.63, 3.8) is 0 Å². The summed E-state index contributed by atoms with van der Waals surface area (Å²) in [6.07, 6.45) is 0. The van der Waals surface area contributed by atoms with Gasteiger partial charge in [0.1, 0.15) is 45.9 Å². The monoisotopic (exact) mass is 874 g/mol. The summed E-state index contributed by atoms with van der Waals surface area (Å²) in [5.41, 5.74) is -0.606. The Morgan fingerprint density at radius 2 is 0.938 bits per heavy atom. The van der Waals surface area contributed by atoms with Crippen LogP contribution in [0, 0.1) is 0 Å². The molecule has 18 heteroatoms. The third-order valence-corrected chi connectivity index (χ3v) is 9.98. The van der Waals surface area contributed by atoms with Crippen LogP contribution in [-0.2, 0) is 19.1 Å². The molecule has 3 heterocycles. The Balaban J connectivity index is 1.31. The molecule has 0 fully saturated rings. The van der Waals surface area contributed by atoms with Crippen molar-refractivity contribution in [2.75, 3.05) is 48.7 Å².